The zero-order valence-electron chi connectivity index (χ0n) is 12.6. The Kier molecular flexibility index (Phi) is 5.46. The Morgan fingerprint density at radius 1 is 1.13 bits per heavy atom. The minimum atomic E-state index is -0.461. The van der Waals surface area contributed by atoms with Crippen LogP contribution in [0.5, 0.6) is 5.75 Å². The maximum atomic E-state index is 11.8. The van der Waals surface area contributed by atoms with Crippen molar-refractivity contribution in [3.05, 3.63) is 65.2 Å². The van der Waals surface area contributed by atoms with E-state index in [1.54, 1.807) is 30.3 Å². The van der Waals surface area contributed by atoms with Crippen LogP contribution in [-0.4, -0.2) is 29.7 Å². The van der Waals surface area contributed by atoms with Gasteiger partial charge in [-0.25, -0.2) is 5.43 Å². The molecular formula is C17H17N3O3. The van der Waals surface area contributed by atoms with E-state index in [2.05, 4.69) is 15.8 Å². The van der Waals surface area contributed by atoms with Gasteiger partial charge in [-0.05, 0) is 31.2 Å². The molecule has 0 aliphatic rings. The van der Waals surface area contributed by atoms with Gasteiger partial charge in [0.1, 0.15) is 5.75 Å². The minimum Gasteiger partial charge on any atom is -0.507 e. The zero-order chi connectivity index (χ0) is 16.7. The molecule has 2 rings (SSSR count). The normalized spacial score (nSPS) is 10.5. The number of aromatic hydroxyl groups is 1. The Morgan fingerprint density at radius 2 is 1.83 bits per heavy atom. The van der Waals surface area contributed by atoms with Crippen LogP contribution in [0.4, 0.5) is 0 Å². The molecular weight excluding hydrogens is 294 g/mol. The molecule has 0 aromatic heterocycles. The Morgan fingerprint density at radius 3 is 2.52 bits per heavy atom. The molecule has 6 nitrogen and oxygen atoms in total. The summed E-state index contributed by atoms with van der Waals surface area (Å²) in [7, 11) is 0. The van der Waals surface area contributed by atoms with Gasteiger partial charge in [0.05, 0.1) is 12.8 Å². The van der Waals surface area contributed by atoms with Crippen LogP contribution in [0, 0.1) is 6.92 Å². The Bertz CT molecular complexity index is 724. The summed E-state index contributed by atoms with van der Waals surface area (Å²) in [6, 6.07) is 13.6. The van der Waals surface area contributed by atoms with E-state index in [9.17, 15) is 14.7 Å². The molecule has 0 saturated carbocycles. The molecule has 0 unspecified atom stereocenters. The van der Waals surface area contributed by atoms with E-state index in [0.717, 1.165) is 5.56 Å². The van der Waals surface area contributed by atoms with Gasteiger partial charge in [0.2, 0.25) is 0 Å². The van der Waals surface area contributed by atoms with Gasteiger partial charge < -0.3 is 10.4 Å². The average molecular weight is 311 g/mol. The van der Waals surface area contributed by atoms with Crippen molar-refractivity contribution < 1.29 is 14.7 Å². The molecule has 0 saturated heterocycles. The van der Waals surface area contributed by atoms with Crippen molar-refractivity contribution in [3.63, 3.8) is 0 Å². The average Bonchev–Trinajstić information content (AvgIpc) is 2.55. The number of benzene rings is 2. The summed E-state index contributed by atoms with van der Waals surface area (Å²) >= 11 is 0. The molecule has 23 heavy (non-hydrogen) atoms. The highest BCUT2D eigenvalue weighted by molar-refractivity contribution is 5.96. The van der Waals surface area contributed by atoms with Crippen LogP contribution in [-0.2, 0) is 4.79 Å². The van der Waals surface area contributed by atoms with Crippen molar-refractivity contribution in [2.45, 2.75) is 6.92 Å². The van der Waals surface area contributed by atoms with Gasteiger partial charge in [-0.15, -0.1) is 0 Å². The topological polar surface area (TPSA) is 90.8 Å². The fourth-order valence-corrected chi connectivity index (χ4v) is 1.78. The van der Waals surface area contributed by atoms with Gasteiger partial charge in [-0.2, -0.15) is 5.10 Å². The molecule has 0 atom stereocenters. The van der Waals surface area contributed by atoms with Crippen molar-refractivity contribution in [2.75, 3.05) is 6.54 Å². The van der Waals surface area contributed by atoms with E-state index in [-0.39, 0.29) is 18.2 Å². The molecule has 0 aliphatic carbocycles. The van der Waals surface area contributed by atoms with Crippen LogP contribution in [0.25, 0.3) is 0 Å². The molecule has 0 fully saturated rings. The number of para-hydroxylation sites is 1. The van der Waals surface area contributed by atoms with E-state index in [1.165, 1.54) is 12.3 Å². The molecule has 2 amide bonds. The highest BCUT2D eigenvalue weighted by atomic mass is 16.3. The van der Waals surface area contributed by atoms with Crippen LogP contribution >= 0.6 is 0 Å². The van der Waals surface area contributed by atoms with Gasteiger partial charge in [-0.1, -0.05) is 29.8 Å². The van der Waals surface area contributed by atoms with Gasteiger partial charge in [0.15, 0.2) is 0 Å². The van der Waals surface area contributed by atoms with Crippen molar-refractivity contribution in [3.8, 4) is 5.75 Å². The number of hydrazone groups is 1. The smallest absolute Gasteiger partial charge is 0.259 e. The lowest BCUT2D eigenvalue weighted by molar-refractivity contribution is -0.120. The standard InChI is InChI=1S/C17H17N3O3/c1-12-6-8-13(9-7-12)17(23)18-11-16(22)20-19-10-14-4-2-3-5-15(14)21/h2-10,21H,11H2,1H3,(H,18,23)(H,20,22). The maximum Gasteiger partial charge on any atom is 0.259 e. The first-order valence-electron chi connectivity index (χ1n) is 7.01. The molecule has 0 aliphatic heterocycles. The molecule has 3 N–H and O–H groups in total. The first kappa shape index (κ1) is 16.2. The number of hydrogen-bond acceptors (Lipinski definition) is 4. The van der Waals surface area contributed by atoms with Crippen LogP contribution in [0.1, 0.15) is 21.5 Å². The second-order valence-corrected chi connectivity index (χ2v) is 4.90. The second-order valence-electron chi connectivity index (χ2n) is 4.90. The predicted octanol–water partition coefficient (Wildman–Crippen LogP) is 1.58. The molecule has 0 bridgehead atoms. The van der Waals surface area contributed by atoms with Crippen LogP contribution in [0.15, 0.2) is 53.6 Å². The summed E-state index contributed by atoms with van der Waals surface area (Å²) in [6.07, 6.45) is 1.33. The highest BCUT2D eigenvalue weighted by Crippen LogP contribution is 2.12. The lowest BCUT2D eigenvalue weighted by atomic mass is 10.1. The molecule has 0 heterocycles. The lowest BCUT2D eigenvalue weighted by Crippen LogP contribution is -2.34. The van der Waals surface area contributed by atoms with Crippen molar-refractivity contribution in [1.82, 2.24) is 10.7 Å². The summed E-state index contributed by atoms with van der Waals surface area (Å²) < 4.78 is 0. The summed E-state index contributed by atoms with van der Waals surface area (Å²) in [5, 5.41) is 15.8. The third kappa shape index (κ3) is 4.96. The van der Waals surface area contributed by atoms with E-state index in [0.29, 0.717) is 11.1 Å². The van der Waals surface area contributed by atoms with Gasteiger partial charge in [-0.3, -0.25) is 9.59 Å². The Hall–Kier alpha value is -3.15. The van der Waals surface area contributed by atoms with Crippen LogP contribution < -0.4 is 10.7 Å². The first-order valence-corrected chi connectivity index (χ1v) is 7.01. The molecule has 0 spiro atoms. The number of phenolic OH excluding ortho intramolecular Hbond substituents is 1. The van der Waals surface area contributed by atoms with Crippen molar-refractivity contribution in [1.29, 1.82) is 0 Å². The fraction of sp³-hybridized carbons (Fsp3) is 0.118. The zero-order valence-corrected chi connectivity index (χ0v) is 12.6. The lowest BCUT2D eigenvalue weighted by Gasteiger charge is -2.04. The third-order valence-electron chi connectivity index (χ3n) is 3.05. The monoisotopic (exact) mass is 311 g/mol. The van der Waals surface area contributed by atoms with E-state index >= 15 is 0 Å². The van der Waals surface area contributed by atoms with Gasteiger partial charge >= 0.3 is 0 Å². The number of carbonyl (C=O) groups excluding carboxylic acids is 2. The van der Waals surface area contributed by atoms with Gasteiger partial charge in [0, 0.05) is 11.1 Å². The number of carbonyl (C=O) groups is 2. The van der Waals surface area contributed by atoms with Crippen LogP contribution in [0.3, 0.4) is 0 Å². The summed E-state index contributed by atoms with van der Waals surface area (Å²) in [4.78, 5) is 23.4. The molecule has 118 valence electrons. The number of phenols is 1. The third-order valence-corrected chi connectivity index (χ3v) is 3.05. The number of nitrogens with one attached hydrogen (secondary N) is 2. The molecule has 6 heteroatoms. The minimum absolute atomic E-state index is 0.0678. The van der Waals surface area contributed by atoms with Gasteiger partial charge in [0.25, 0.3) is 11.8 Å². The largest absolute Gasteiger partial charge is 0.507 e. The fourth-order valence-electron chi connectivity index (χ4n) is 1.78. The number of hydrogen-bond donors (Lipinski definition) is 3. The summed E-state index contributed by atoms with van der Waals surface area (Å²) in [5.74, 6) is -0.722. The second kappa shape index (κ2) is 7.74. The molecule has 2 aromatic rings. The predicted molar refractivity (Wildman–Crippen MR) is 87.4 cm³/mol. The summed E-state index contributed by atoms with van der Waals surface area (Å²) in [6.45, 7) is 1.74. The maximum absolute atomic E-state index is 11.8. The van der Waals surface area contributed by atoms with E-state index in [4.69, 9.17) is 0 Å². The quantitative estimate of drug-likeness (QED) is 0.578. The van der Waals surface area contributed by atoms with Crippen molar-refractivity contribution in [2.24, 2.45) is 5.10 Å². The molecule has 2 aromatic carbocycles. The summed E-state index contributed by atoms with van der Waals surface area (Å²) in [5.41, 5.74) is 4.30. The van der Waals surface area contributed by atoms with E-state index in [1.807, 2.05) is 19.1 Å². The Balaban J connectivity index is 1.80. The number of amides is 2. The number of rotatable bonds is 5. The highest BCUT2D eigenvalue weighted by Gasteiger charge is 2.07. The first-order chi connectivity index (χ1) is 11.1. The SMILES string of the molecule is Cc1ccc(C(=O)NCC(=O)NN=Cc2ccccc2O)cc1. The van der Waals surface area contributed by atoms with Crippen molar-refractivity contribution >= 4 is 18.0 Å². The number of nitrogens with zero attached hydrogens (tertiary/aromatic N) is 1. The van der Waals surface area contributed by atoms with Crippen LogP contribution in [0.2, 0.25) is 0 Å². The molecule has 0 radical (unpaired) electrons. The Labute approximate surface area is 133 Å². The number of aryl methyl sites for hydroxylation is 1. The van der Waals surface area contributed by atoms with E-state index < -0.39 is 5.91 Å².